The minimum absolute atomic E-state index is 0.0899. The van der Waals surface area contributed by atoms with Gasteiger partial charge in [0, 0.05) is 11.5 Å². The molecule has 1 heterocycles. The van der Waals surface area contributed by atoms with Gasteiger partial charge in [0.25, 0.3) is 0 Å². The Kier molecular flexibility index (Phi) is 6.83. The van der Waals surface area contributed by atoms with Crippen molar-refractivity contribution >= 4 is 11.9 Å². The number of allylic oxidation sites excluding steroid dienone is 4. The van der Waals surface area contributed by atoms with Crippen LogP contribution in [0.15, 0.2) is 34.9 Å². The molecule has 2 atom stereocenters. The molecule has 1 fully saturated rings. The smallest absolute Gasteiger partial charge is 0.333 e. The number of rotatable bonds is 1. The van der Waals surface area contributed by atoms with Crippen molar-refractivity contribution in [1.29, 1.82) is 0 Å². The van der Waals surface area contributed by atoms with E-state index in [9.17, 15) is 9.59 Å². The molecular formula is C20H28O4. The fourth-order valence-electron chi connectivity index (χ4n) is 3.31. The molecule has 0 radical (unpaired) electrons. The number of ether oxygens (including phenoxy) is 2. The number of hydrogen-bond acceptors (Lipinski definition) is 4. The summed E-state index contributed by atoms with van der Waals surface area (Å²) in [5, 5.41) is 0. The Bertz CT molecular complexity index is 568. The van der Waals surface area contributed by atoms with E-state index in [0.29, 0.717) is 12.8 Å². The quantitative estimate of drug-likeness (QED) is 0.532. The summed E-state index contributed by atoms with van der Waals surface area (Å²) >= 11 is 0. The Labute approximate surface area is 144 Å². The second-order valence-electron chi connectivity index (χ2n) is 6.82. The molecule has 0 bridgehead atoms. The lowest BCUT2D eigenvalue weighted by molar-refractivity contribution is -0.140. The lowest BCUT2D eigenvalue weighted by Crippen LogP contribution is -2.14. The molecule has 1 saturated heterocycles. The summed E-state index contributed by atoms with van der Waals surface area (Å²) in [7, 11) is 1.43. The fourth-order valence-corrected chi connectivity index (χ4v) is 3.31. The Morgan fingerprint density at radius 3 is 2.62 bits per heavy atom. The molecule has 0 aromatic heterocycles. The molecule has 0 N–H and O–H groups in total. The summed E-state index contributed by atoms with van der Waals surface area (Å²) in [5.74, 6) is -0.0487. The Balaban J connectivity index is 2.17. The first-order valence-corrected chi connectivity index (χ1v) is 8.79. The van der Waals surface area contributed by atoms with Crippen LogP contribution in [-0.4, -0.2) is 25.2 Å². The molecule has 0 amide bonds. The van der Waals surface area contributed by atoms with Crippen LogP contribution < -0.4 is 0 Å². The van der Waals surface area contributed by atoms with E-state index in [1.54, 1.807) is 0 Å². The molecule has 4 heteroatoms. The third kappa shape index (κ3) is 5.36. The van der Waals surface area contributed by atoms with E-state index in [1.807, 2.05) is 6.08 Å². The van der Waals surface area contributed by atoms with E-state index in [2.05, 4.69) is 26.0 Å². The molecule has 2 rings (SSSR count). The van der Waals surface area contributed by atoms with Crippen LogP contribution in [0.4, 0.5) is 0 Å². The van der Waals surface area contributed by atoms with Gasteiger partial charge >= 0.3 is 11.9 Å². The average molecular weight is 332 g/mol. The average Bonchev–Trinajstić information content (AvgIpc) is 2.89. The van der Waals surface area contributed by atoms with Crippen LogP contribution in [0.2, 0.25) is 0 Å². The monoisotopic (exact) mass is 332 g/mol. The van der Waals surface area contributed by atoms with E-state index < -0.39 is 0 Å². The lowest BCUT2D eigenvalue weighted by atomic mass is 9.91. The van der Waals surface area contributed by atoms with Crippen molar-refractivity contribution < 1.29 is 19.1 Å². The molecule has 2 aliphatic rings. The summed E-state index contributed by atoms with van der Waals surface area (Å²) in [6.07, 6.45) is 11.8. The summed E-state index contributed by atoms with van der Waals surface area (Å²) in [6, 6.07) is 0. The van der Waals surface area contributed by atoms with Gasteiger partial charge in [0.05, 0.1) is 13.5 Å². The van der Waals surface area contributed by atoms with E-state index in [4.69, 9.17) is 9.47 Å². The van der Waals surface area contributed by atoms with Gasteiger partial charge in [-0.3, -0.25) is 4.79 Å². The predicted octanol–water partition coefficient (Wildman–Crippen LogP) is 4.26. The van der Waals surface area contributed by atoms with Gasteiger partial charge in [-0.25, -0.2) is 4.79 Å². The third-order valence-electron chi connectivity index (χ3n) is 4.80. The molecule has 1 unspecified atom stereocenters. The zero-order valence-corrected chi connectivity index (χ0v) is 15.0. The molecular weight excluding hydrogens is 304 g/mol. The lowest BCUT2D eigenvalue weighted by Gasteiger charge is -2.16. The van der Waals surface area contributed by atoms with Gasteiger partial charge in [0.15, 0.2) is 0 Å². The normalized spacial score (nSPS) is 32.8. The third-order valence-corrected chi connectivity index (χ3v) is 4.80. The minimum Gasteiger partial charge on any atom is -0.466 e. The van der Waals surface area contributed by atoms with Gasteiger partial charge < -0.3 is 9.47 Å². The van der Waals surface area contributed by atoms with Crippen molar-refractivity contribution in [3.05, 3.63) is 34.9 Å². The molecule has 0 spiro atoms. The predicted molar refractivity (Wildman–Crippen MR) is 93.3 cm³/mol. The van der Waals surface area contributed by atoms with Crippen molar-refractivity contribution in [2.24, 2.45) is 5.92 Å². The summed E-state index contributed by atoms with van der Waals surface area (Å²) < 4.78 is 10.4. The minimum atomic E-state index is -0.237. The maximum atomic E-state index is 11.9. The highest BCUT2D eigenvalue weighted by Gasteiger charge is 2.32. The highest BCUT2D eigenvalue weighted by atomic mass is 16.5. The highest BCUT2D eigenvalue weighted by Crippen LogP contribution is 2.30. The second kappa shape index (κ2) is 8.86. The SMILES string of the molecule is COC(=O)/C1=C\CC/C(C)=C/[C@H]2OC(=O)CC2CC/C(C)=C/CC1. The summed E-state index contributed by atoms with van der Waals surface area (Å²) in [6.45, 7) is 4.17. The number of carbonyl (C=O) groups excluding carboxylic acids is 2. The van der Waals surface area contributed by atoms with Crippen LogP contribution in [0.25, 0.3) is 0 Å². The maximum absolute atomic E-state index is 11.9. The fraction of sp³-hybridized carbons (Fsp3) is 0.600. The van der Waals surface area contributed by atoms with Gasteiger partial charge in [-0.2, -0.15) is 0 Å². The first kappa shape index (κ1) is 18.5. The van der Waals surface area contributed by atoms with Crippen molar-refractivity contribution in [3.63, 3.8) is 0 Å². The van der Waals surface area contributed by atoms with Gasteiger partial charge in [0.1, 0.15) is 6.10 Å². The van der Waals surface area contributed by atoms with Crippen LogP contribution in [0.1, 0.15) is 58.8 Å². The van der Waals surface area contributed by atoms with Crippen LogP contribution in [0, 0.1) is 5.92 Å². The van der Waals surface area contributed by atoms with Crippen LogP contribution in [0.3, 0.4) is 0 Å². The van der Waals surface area contributed by atoms with E-state index in [-0.39, 0.29) is 24.0 Å². The van der Waals surface area contributed by atoms with Crippen LogP contribution in [-0.2, 0) is 19.1 Å². The molecule has 132 valence electrons. The van der Waals surface area contributed by atoms with Gasteiger partial charge in [-0.1, -0.05) is 23.3 Å². The van der Waals surface area contributed by atoms with Crippen LogP contribution >= 0.6 is 0 Å². The zero-order chi connectivity index (χ0) is 17.5. The Morgan fingerprint density at radius 2 is 1.88 bits per heavy atom. The molecule has 0 aromatic rings. The number of methoxy groups -OCH3 is 1. The Morgan fingerprint density at radius 1 is 1.12 bits per heavy atom. The first-order chi connectivity index (χ1) is 11.5. The number of fused-ring (bicyclic) bond motifs is 1. The number of carbonyl (C=O) groups is 2. The molecule has 0 aromatic carbocycles. The van der Waals surface area contributed by atoms with Crippen molar-refractivity contribution in [2.75, 3.05) is 7.11 Å². The zero-order valence-electron chi connectivity index (χ0n) is 15.0. The topological polar surface area (TPSA) is 52.6 Å². The molecule has 24 heavy (non-hydrogen) atoms. The van der Waals surface area contributed by atoms with Crippen molar-refractivity contribution in [3.8, 4) is 0 Å². The standard InChI is InChI=1S/C20H28O4/c1-14-6-4-8-16(20(22)23-3)9-5-7-15(2)12-18-17(11-10-14)13-19(21)24-18/h6,9,12,17-18H,4-5,7-8,10-11,13H2,1-3H3/b14-6+,15-12+,16-9-/t17?,18-/m1/s1. The highest BCUT2D eigenvalue weighted by molar-refractivity contribution is 5.88. The largest absolute Gasteiger partial charge is 0.466 e. The number of esters is 2. The second-order valence-corrected chi connectivity index (χ2v) is 6.82. The van der Waals surface area contributed by atoms with E-state index in [0.717, 1.165) is 37.7 Å². The van der Waals surface area contributed by atoms with Crippen molar-refractivity contribution in [1.82, 2.24) is 0 Å². The van der Waals surface area contributed by atoms with Gasteiger partial charge in [0.2, 0.25) is 0 Å². The summed E-state index contributed by atoms with van der Waals surface area (Å²) in [4.78, 5) is 23.5. The molecule has 4 nitrogen and oxygen atoms in total. The van der Waals surface area contributed by atoms with E-state index in [1.165, 1.54) is 18.3 Å². The van der Waals surface area contributed by atoms with E-state index >= 15 is 0 Å². The van der Waals surface area contributed by atoms with Crippen LogP contribution in [0.5, 0.6) is 0 Å². The first-order valence-electron chi connectivity index (χ1n) is 8.79. The molecule has 1 aliphatic heterocycles. The number of hydrogen-bond donors (Lipinski definition) is 0. The molecule has 0 saturated carbocycles. The Hall–Kier alpha value is -1.84. The van der Waals surface area contributed by atoms with Crippen molar-refractivity contribution in [2.45, 2.75) is 64.9 Å². The van der Waals surface area contributed by atoms with Gasteiger partial charge in [-0.05, 0) is 58.4 Å². The maximum Gasteiger partial charge on any atom is 0.333 e. The summed E-state index contributed by atoms with van der Waals surface area (Å²) in [5.41, 5.74) is 3.25. The van der Waals surface area contributed by atoms with Gasteiger partial charge in [-0.15, -0.1) is 0 Å². The molecule has 1 aliphatic carbocycles.